The summed E-state index contributed by atoms with van der Waals surface area (Å²) in [7, 11) is -1.73. The first-order valence-electron chi connectivity index (χ1n) is 9.59. The monoisotopic (exact) mass is 352 g/mol. The molecule has 0 fully saturated rings. The first kappa shape index (κ1) is 21.7. The minimum atomic E-state index is -1.73. The summed E-state index contributed by atoms with van der Waals surface area (Å²) in [6, 6.07) is 0. The van der Waals surface area contributed by atoms with E-state index in [0.717, 1.165) is 32.3 Å². The Hall–Kier alpha value is -0.383. The van der Waals surface area contributed by atoms with Crippen molar-refractivity contribution >= 4 is 8.32 Å². The van der Waals surface area contributed by atoms with E-state index >= 15 is 0 Å². The molecule has 0 saturated carbocycles. The molecule has 0 amide bonds. The van der Waals surface area contributed by atoms with Crippen LogP contribution in [0.5, 0.6) is 0 Å². The highest BCUT2D eigenvalue weighted by atomic mass is 28.4. The van der Waals surface area contributed by atoms with E-state index in [1.807, 2.05) is 0 Å². The predicted molar refractivity (Wildman–Crippen MR) is 108 cm³/mol. The quantitative estimate of drug-likeness (QED) is 0.490. The van der Waals surface area contributed by atoms with Gasteiger partial charge in [0.05, 0.1) is 6.10 Å². The fourth-order valence-electron chi connectivity index (χ4n) is 3.01. The third-order valence-corrected chi connectivity index (χ3v) is 10.5. The predicted octanol–water partition coefficient (Wildman–Crippen LogP) is 6.09. The summed E-state index contributed by atoms with van der Waals surface area (Å²) in [4.78, 5) is 0. The normalized spacial score (nSPS) is 30.0. The summed E-state index contributed by atoms with van der Waals surface area (Å²) in [5.74, 6) is 0.636. The lowest BCUT2D eigenvalue weighted by Gasteiger charge is -2.38. The molecule has 3 heteroatoms. The van der Waals surface area contributed by atoms with Gasteiger partial charge in [-0.15, -0.1) is 0 Å². The molecule has 140 valence electrons. The first-order chi connectivity index (χ1) is 10.9. The van der Waals surface area contributed by atoms with Gasteiger partial charge in [0.1, 0.15) is 0 Å². The van der Waals surface area contributed by atoms with Crippen LogP contribution in [0.2, 0.25) is 18.1 Å². The van der Waals surface area contributed by atoms with E-state index in [9.17, 15) is 5.11 Å². The van der Waals surface area contributed by atoms with Crippen LogP contribution in [0.25, 0.3) is 0 Å². The lowest BCUT2D eigenvalue weighted by Crippen LogP contribution is -2.43. The summed E-state index contributed by atoms with van der Waals surface area (Å²) >= 11 is 0. The largest absolute Gasteiger partial charge is 0.417 e. The summed E-state index contributed by atoms with van der Waals surface area (Å²) in [5, 5.41) is 11.0. The molecule has 3 atom stereocenters. The molecule has 1 N–H and O–H groups in total. The average Bonchev–Trinajstić information content (AvgIpc) is 2.43. The Kier molecular flexibility index (Phi) is 7.96. The van der Waals surface area contributed by atoms with Crippen molar-refractivity contribution in [3.63, 3.8) is 0 Å². The van der Waals surface area contributed by atoms with Crippen LogP contribution in [-0.4, -0.2) is 26.1 Å². The molecule has 24 heavy (non-hydrogen) atoms. The number of hydrogen-bond donors (Lipinski definition) is 1. The minimum absolute atomic E-state index is 0.234. The zero-order valence-corrected chi connectivity index (χ0v) is 18.3. The third-order valence-electron chi connectivity index (χ3n) is 6.04. The Morgan fingerprint density at radius 3 is 2.42 bits per heavy atom. The summed E-state index contributed by atoms with van der Waals surface area (Å²) in [6.45, 7) is 18.8. The highest BCUT2D eigenvalue weighted by Gasteiger charge is 2.38. The lowest BCUT2D eigenvalue weighted by molar-refractivity contribution is 0.0821. The summed E-state index contributed by atoms with van der Waals surface area (Å²) < 4.78 is 6.43. The molecule has 0 unspecified atom stereocenters. The Balaban J connectivity index is 2.81. The minimum Gasteiger partial charge on any atom is -0.417 e. The molecule has 1 aliphatic carbocycles. The molecule has 0 spiro atoms. The van der Waals surface area contributed by atoms with Crippen LogP contribution in [0.3, 0.4) is 0 Å². The van der Waals surface area contributed by atoms with E-state index in [2.05, 4.69) is 66.8 Å². The van der Waals surface area contributed by atoms with Crippen LogP contribution < -0.4 is 0 Å². The van der Waals surface area contributed by atoms with E-state index in [4.69, 9.17) is 4.43 Å². The van der Waals surface area contributed by atoms with E-state index in [-0.39, 0.29) is 17.1 Å². The van der Waals surface area contributed by atoms with Gasteiger partial charge in [0.2, 0.25) is 0 Å². The molecule has 0 aromatic carbocycles. The Labute approximate surface area is 151 Å². The van der Waals surface area contributed by atoms with Gasteiger partial charge < -0.3 is 9.53 Å². The lowest BCUT2D eigenvalue weighted by atomic mass is 9.83. The van der Waals surface area contributed by atoms with Crippen molar-refractivity contribution in [3.05, 3.63) is 23.3 Å². The smallest absolute Gasteiger partial charge is 0.191 e. The molecule has 0 saturated heterocycles. The van der Waals surface area contributed by atoms with Gasteiger partial charge in [-0.25, -0.2) is 0 Å². The molecule has 0 aromatic rings. The molecular formula is C21H40O2Si. The molecular weight excluding hydrogens is 312 g/mol. The third kappa shape index (κ3) is 6.49. The standard InChI is InChI=1S/C21H40O2Si/c1-16-10-9-11-17(2)14-20(22)19(13-12-16)18(3)15-23-24(7,8)21(4,5)6/h10,14,18-20,22H,9,11-13,15H2,1-8H3/b16-10+,17-14-/t18-,19+,20+/m1/s1. The van der Waals surface area contributed by atoms with Gasteiger partial charge in [-0.3, -0.25) is 0 Å². The van der Waals surface area contributed by atoms with Crippen molar-refractivity contribution in [2.45, 2.75) is 91.5 Å². The molecule has 0 bridgehead atoms. The first-order valence-corrected chi connectivity index (χ1v) is 12.5. The maximum Gasteiger partial charge on any atom is 0.191 e. The zero-order chi connectivity index (χ0) is 18.5. The van der Waals surface area contributed by atoms with Gasteiger partial charge in [0.15, 0.2) is 8.32 Å². The molecule has 1 rings (SSSR count). The summed E-state index contributed by atoms with van der Waals surface area (Å²) in [6.07, 6.45) is 8.36. The second kappa shape index (κ2) is 8.82. The van der Waals surface area contributed by atoms with Crippen molar-refractivity contribution in [2.24, 2.45) is 11.8 Å². The maximum atomic E-state index is 10.8. The Bertz CT molecular complexity index is 457. The highest BCUT2D eigenvalue weighted by Crippen LogP contribution is 2.37. The van der Waals surface area contributed by atoms with Gasteiger partial charge in [-0.2, -0.15) is 0 Å². The van der Waals surface area contributed by atoms with Gasteiger partial charge in [-0.05, 0) is 69.5 Å². The Morgan fingerprint density at radius 2 is 1.83 bits per heavy atom. The van der Waals surface area contributed by atoms with Crippen molar-refractivity contribution in [2.75, 3.05) is 6.61 Å². The van der Waals surface area contributed by atoms with Crippen molar-refractivity contribution in [3.8, 4) is 0 Å². The van der Waals surface area contributed by atoms with Crippen LogP contribution in [0.15, 0.2) is 23.3 Å². The number of rotatable bonds is 4. The molecule has 1 aliphatic rings. The second-order valence-electron chi connectivity index (χ2n) is 9.34. The van der Waals surface area contributed by atoms with Crippen LogP contribution in [-0.2, 0) is 4.43 Å². The van der Waals surface area contributed by atoms with Crippen molar-refractivity contribution in [1.82, 2.24) is 0 Å². The van der Waals surface area contributed by atoms with Crippen LogP contribution >= 0.6 is 0 Å². The van der Waals surface area contributed by atoms with E-state index in [1.165, 1.54) is 11.1 Å². The number of aliphatic hydroxyl groups is 1. The maximum absolute atomic E-state index is 10.8. The molecule has 0 heterocycles. The number of allylic oxidation sites excluding steroid dienone is 3. The second-order valence-corrected chi connectivity index (χ2v) is 14.2. The summed E-state index contributed by atoms with van der Waals surface area (Å²) in [5.41, 5.74) is 2.76. The average molecular weight is 353 g/mol. The Morgan fingerprint density at radius 1 is 1.21 bits per heavy atom. The SMILES string of the molecule is C/C1=C/[C@H](O)[C@H]([C@H](C)CO[Si](C)(C)C(C)(C)C)CC/C(C)=C/CC1. The van der Waals surface area contributed by atoms with Crippen molar-refractivity contribution in [1.29, 1.82) is 0 Å². The molecule has 0 radical (unpaired) electrons. The fraction of sp³-hybridized carbons (Fsp3) is 0.810. The van der Waals surface area contributed by atoms with Gasteiger partial charge in [0.25, 0.3) is 0 Å². The fourth-order valence-corrected chi connectivity index (χ4v) is 4.13. The van der Waals surface area contributed by atoms with Crippen LogP contribution in [0, 0.1) is 11.8 Å². The van der Waals surface area contributed by atoms with Gasteiger partial charge in [0, 0.05) is 6.61 Å². The van der Waals surface area contributed by atoms with Crippen LogP contribution in [0.4, 0.5) is 0 Å². The van der Waals surface area contributed by atoms with E-state index in [0.29, 0.717) is 5.92 Å². The zero-order valence-electron chi connectivity index (χ0n) is 17.3. The highest BCUT2D eigenvalue weighted by molar-refractivity contribution is 6.74. The number of hydrogen-bond acceptors (Lipinski definition) is 2. The van der Waals surface area contributed by atoms with Crippen LogP contribution in [0.1, 0.15) is 67.2 Å². The van der Waals surface area contributed by atoms with E-state index in [1.54, 1.807) is 0 Å². The topological polar surface area (TPSA) is 29.5 Å². The van der Waals surface area contributed by atoms with E-state index < -0.39 is 8.32 Å². The molecule has 0 aliphatic heterocycles. The van der Waals surface area contributed by atoms with Gasteiger partial charge >= 0.3 is 0 Å². The molecule has 0 aromatic heterocycles. The van der Waals surface area contributed by atoms with Crippen molar-refractivity contribution < 1.29 is 9.53 Å². The number of aliphatic hydroxyl groups excluding tert-OH is 1. The molecule has 2 nitrogen and oxygen atoms in total. The van der Waals surface area contributed by atoms with Gasteiger partial charge in [-0.1, -0.05) is 51.0 Å².